The summed E-state index contributed by atoms with van der Waals surface area (Å²) in [6.07, 6.45) is 0. The van der Waals surface area contributed by atoms with Crippen molar-refractivity contribution in [2.75, 3.05) is 0 Å². The van der Waals surface area contributed by atoms with Gasteiger partial charge >= 0.3 is 0 Å². The average Bonchev–Trinajstić information content (AvgIpc) is 2.48. The van der Waals surface area contributed by atoms with E-state index in [0.29, 0.717) is 0 Å². The molecule has 0 N–H and O–H groups in total. The van der Waals surface area contributed by atoms with Crippen molar-refractivity contribution in [1.82, 2.24) is 0 Å². The van der Waals surface area contributed by atoms with Crippen LogP contribution in [0.4, 0.5) is 0 Å². The highest BCUT2D eigenvalue weighted by Gasteiger charge is 2.17. The number of hydrogen-bond acceptors (Lipinski definition) is 2. The highest BCUT2D eigenvalue weighted by Crippen LogP contribution is 2.23. The first-order valence-electron chi connectivity index (χ1n) is 6.95. The first kappa shape index (κ1) is 16.1. The monoisotopic (exact) mass is 318 g/mol. The van der Waals surface area contributed by atoms with E-state index in [4.69, 9.17) is 11.6 Å². The van der Waals surface area contributed by atoms with Crippen LogP contribution in [0.2, 0.25) is 5.02 Å². The molecule has 0 heterocycles. The van der Waals surface area contributed by atoms with Crippen LogP contribution in [0, 0.1) is 13.8 Å². The third kappa shape index (κ3) is 4.36. The van der Waals surface area contributed by atoms with Crippen LogP contribution in [0.25, 0.3) is 0 Å². The number of aryl methyl sites for hydroxylation is 2. The second-order valence-electron chi connectivity index (χ2n) is 5.26. The minimum Gasteiger partial charge on any atom is -0.293 e. The van der Waals surface area contributed by atoms with Crippen LogP contribution in [-0.2, 0) is 5.75 Å². The van der Waals surface area contributed by atoms with Crippen LogP contribution < -0.4 is 0 Å². The van der Waals surface area contributed by atoms with Crippen molar-refractivity contribution < 1.29 is 4.79 Å². The topological polar surface area (TPSA) is 17.1 Å². The molecule has 2 aromatic carbocycles. The molecular formula is C18H19ClOS. The van der Waals surface area contributed by atoms with Gasteiger partial charge in [0, 0.05) is 16.3 Å². The third-order valence-corrected chi connectivity index (χ3v) is 4.91. The van der Waals surface area contributed by atoms with Crippen LogP contribution in [0.15, 0.2) is 42.5 Å². The zero-order chi connectivity index (χ0) is 15.4. The maximum Gasteiger partial charge on any atom is 0.175 e. The molecule has 0 radical (unpaired) electrons. The number of benzene rings is 2. The summed E-state index contributed by atoms with van der Waals surface area (Å²) in [6, 6.07) is 13.8. The Hall–Kier alpha value is -1.25. The van der Waals surface area contributed by atoms with Gasteiger partial charge in [-0.1, -0.05) is 41.4 Å². The van der Waals surface area contributed by atoms with E-state index in [2.05, 4.69) is 0 Å². The molecule has 0 fully saturated rings. The highest BCUT2D eigenvalue weighted by atomic mass is 35.5. The molecular weight excluding hydrogens is 300 g/mol. The SMILES string of the molecule is Cc1ccc(C)c(C(=O)C(C)SCc2ccc(Cl)cc2)c1. The normalized spacial score (nSPS) is 12.2. The molecule has 0 saturated carbocycles. The van der Waals surface area contributed by atoms with E-state index in [9.17, 15) is 4.79 Å². The van der Waals surface area contributed by atoms with Gasteiger partial charge in [-0.25, -0.2) is 0 Å². The lowest BCUT2D eigenvalue weighted by atomic mass is 10.0. The molecule has 21 heavy (non-hydrogen) atoms. The summed E-state index contributed by atoms with van der Waals surface area (Å²) in [7, 11) is 0. The average molecular weight is 319 g/mol. The molecule has 2 aromatic rings. The molecule has 0 spiro atoms. The Morgan fingerprint density at radius 3 is 2.48 bits per heavy atom. The Morgan fingerprint density at radius 1 is 1.14 bits per heavy atom. The van der Waals surface area contributed by atoms with Crippen LogP contribution in [-0.4, -0.2) is 11.0 Å². The summed E-state index contributed by atoms with van der Waals surface area (Å²) in [5, 5.41) is 0.685. The van der Waals surface area contributed by atoms with E-state index in [1.54, 1.807) is 11.8 Å². The van der Waals surface area contributed by atoms with Crippen LogP contribution in [0.1, 0.15) is 34.0 Å². The largest absolute Gasteiger partial charge is 0.293 e. The van der Waals surface area contributed by atoms with E-state index in [1.807, 2.05) is 63.2 Å². The molecule has 0 aliphatic carbocycles. The van der Waals surface area contributed by atoms with Crippen LogP contribution >= 0.6 is 23.4 Å². The summed E-state index contributed by atoms with van der Waals surface area (Å²) in [4.78, 5) is 12.6. The van der Waals surface area contributed by atoms with Crippen LogP contribution in [0.3, 0.4) is 0 Å². The third-order valence-electron chi connectivity index (χ3n) is 3.44. The van der Waals surface area contributed by atoms with Crippen molar-refractivity contribution in [2.45, 2.75) is 31.8 Å². The van der Waals surface area contributed by atoms with Gasteiger partial charge in [0.15, 0.2) is 5.78 Å². The maximum absolute atomic E-state index is 12.6. The van der Waals surface area contributed by atoms with Gasteiger partial charge < -0.3 is 0 Å². The standard InChI is InChI=1S/C18H19ClOS/c1-12-4-5-13(2)17(10-12)18(20)14(3)21-11-15-6-8-16(19)9-7-15/h4-10,14H,11H2,1-3H3. The summed E-state index contributed by atoms with van der Waals surface area (Å²) in [5.74, 6) is 1.02. The van der Waals surface area contributed by atoms with Gasteiger partial charge in [0.2, 0.25) is 0 Å². The zero-order valence-electron chi connectivity index (χ0n) is 12.5. The molecule has 1 atom stereocenters. The first-order valence-corrected chi connectivity index (χ1v) is 8.37. The fourth-order valence-electron chi connectivity index (χ4n) is 2.10. The Balaban J connectivity index is 2.02. The molecule has 0 aromatic heterocycles. The second-order valence-corrected chi connectivity index (χ2v) is 7.03. The molecule has 0 saturated heterocycles. The zero-order valence-corrected chi connectivity index (χ0v) is 14.1. The number of carbonyl (C=O) groups is 1. The summed E-state index contributed by atoms with van der Waals surface area (Å²) in [5.41, 5.74) is 4.19. The summed E-state index contributed by atoms with van der Waals surface area (Å²) < 4.78 is 0. The number of rotatable bonds is 5. The van der Waals surface area contributed by atoms with E-state index in [-0.39, 0.29) is 11.0 Å². The van der Waals surface area contributed by atoms with E-state index >= 15 is 0 Å². The predicted octanol–water partition coefficient (Wildman–Crippen LogP) is 5.46. The molecule has 0 bridgehead atoms. The van der Waals surface area contributed by atoms with Gasteiger partial charge in [0.25, 0.3) is 0 Å². The molecule has 1 unspecified atom stereocenters. The Morgan fingerprint density at radius 2 is 1.81 bits per heavy atom. The minimum atomic E-state index is -0.0545. The fraction of sp³-hybridized carbons (Fsp3) is 0.278. The number of ketones is 1. The van der Waals surface area contributed by atoms with Crippen molar-refractivity contribution in [1.29, 1.82) is 0 Å². The van der Waals surface area contributed by atoms with Crippen molar-refractivity contribution in [3.8, 4) is 0 Å². The quantitative estimate of drug-likeness (QED) is 0.681. The van der Waals surface area contributed by atoms with E-state index in [1.165, 1.54) is 5.56 Å². The van der Waals surface area contributed by atoms with Crippen LogP contribution in [0.5, 0.6) is 0 Å². The molecule has 0 aliphatic heterocycles. The molecule has 0 aliphatic rings. The van der Waals surface area contributed by atoms with Crippen molar-refractivity contribution >= 4 is 29.1 Å². The van der Waals surface area contributed by atoms with Gasteiger partial charge in [0.05, 0.1) is 5.25 Å². The van der Waals surface area contributed by atoms with E-state index < -0.39 is 0 Å². The van der Waals surface area contributed by atoms with Gasteiger partial charge in [-0.2, -0.15) is 0 Å². The molecule has 3 heteroatoms. The fourth-order valence-corrected chi connectivity index (χ4v) is 3.14. The maximum atomic E-state index is 12.6. The number of thioether (sulfide) groups is 1. The lowest BCUT2D eigenvalue weighted by Crippen LogP contribution is -2.15. The number of Topliss-reactive ketones (excluding diaryl/α,β-unsaturated/α-hetero) is 1. The molecule has 0 amide bonds. The summed E-state index contributed by atoms with van der Waals surface area (Å²) in [6.45, 7) is 5.98. The number of hydrogen-bond donors (Lipinski definition) is 0. The second kappa shape index (κ2) is 7.15. The predicted molar refractivity (Wildman–Crippen MR) is 92.5 cm³/mol. The lowest BCUT2D eigenvalue weighted by molar-refractivity contribution is 0.0993. The Kier molecular flexibility index (Phi) is 5.49. The van der Waals surface area contributed by atoms with Gasteiger partial charge in [-0.05, 0) is 50.1 Å². The lowest BCUT2D eigenvalue weighted by Gasteiger charge is -2.13. The number of halogens is 1. The Bertz CT molecular complexity index is 634. The number of carbonyl (C=O) groups excluding carboxylic acids is 1. The highest BCUT2D eigenvalue weighted by molar-refractivity contribution is 7.99. The molecule has 2 rings (SSSR count). The molecule has 1 nitrogen and oxygen atoms in total. The smallest absolute Gasteiger partial charge is 0.175 e. The van der Waals surface area contributed by atoms with Crippen molar-refractivity contribution in [3.05, 3.63) is 69.7 Å². The van der Waals surface area contributed by atoms with E-state index in [0.717, 1.165) is 27.5 Å². The molecule has 110 valence electrons. The summed E-state index contributed by atoms with van der Waals surface area (Å²) >= 11 is 7.54. The minimum absolute atomic E-state index is 0.0545. The van der Waals surface area contributed by atoms with Crippen molar-refractivity contribution in [2.24, 2.45) is 0 Å². The van der Waals surface area contributed by atoms with Gasteiger partial charge in [0.1, 0.15) is 0 Å². The first-order chi connectivity index (χ1) is 9.97. The Labute approximate surface area is 135 Å². The van der Waals surface area contributed by atoms with Crippen molar-refractivity contribution in [3.63, 3.8) is 0 Å². The van der Waals surface area contributed by atoms with Gasteiger partial charge in [-0.3, -0.25) is 4.79 Å². The van der Waals surface area contributed by atoms with Gasteiger partial charge in [-0.15, -0.1) is 11.8 Å².